The molecule has 1 unspecified atom stereocenters. The van der Waals surface area contributed by atoms with Crippen LogP contribution in [-0.2, 0) is 5.75 Å². The molecule has 0 saturated heterocycles. The third-order valence-corrected chi connectivity index (χ3v) is 4.57. The fraction of sp³-hybridized carbons (Fsp3) is 0.500. The van der Waals surface area contributed by atoms with Gasteiger partial charge in [0.15, 0.2) is 0 Å². The molecule has 1 rings (SSSR count). The summed E-state index contributed by atoms with van der Waals surface area (Å²) in [6.07, 6.45) is 1.23. The molecule has 0 bridgehead atoms. The van der Waals surface area contributed by atoms with Gasteiger partial charge in [-0.3, -0.25) is 0 Å². The van der Waals surface area contributed by atoms with Crippen molar-refractivity contribution in [3.05, 3.63) is 21.9 Å². The van der Waals surface area contributed by atoms with Gasteiger partial charge in [0.05, 0.1) is 6.54 Å². The number of hydrogen-bond donors (Lipinski definition) is 1. The van der Waals surface area contributed by atoms with Crippen LogP contribution in [0.3, 0.4) is 0 Å². The number of thiophene rings is 1. The molecule has 0 aromatic carbocycles. The second kappa shape index (κ2) is 6.95. The van der Waals surface area contributed by atoms with Gasteiger partial charge < -0.3 is 5.73 Å². The van der Waals surface area contributed by atoms with E-state index in [1.54, 1.807) is 11.3 Å². The van der Waals surface area contributed by atoms with Gasteiger partial charge >= 0.3 is 0 Å². The van der Waals surface area contributed by atoms with Crippen molar-refractivity contribution in [2.45, 2.75) is 31.3 Å². The molecule has 1 aromatic heterocycles. The van der Waals surface area contributed by atoms with E-state index in [9.17, 15) is 0 Å². The lowest BCUT2D eigenvalue weighted by Gasteiger charge is -2.05. The second-order valence-corrected chi connectivity index (χ2v) is 5.76. The highest BCUT2D eigenvalue weighted by molar-refractivity contribution is 7.99. The first-order chi connectivity index (χ1) is 7.26. The highest BCUT2D eigenvalue weighted by Crippen LogP contribution is 2.24. The van der Waals surface area contributed by atoms with E-state index in [4.69, 9.17) is 5.73 Å². The van der Waals surface area contributed by atoms with E-state index >= 15 is 0 Å². The summed E-state index contributed by atoms with van der Waals surface area (Å²) in [6, 6.07) is 2.17. The fourth-order valence-corrected chi connectivity index (χ4v) is 2.86. The Bertz CT molecular complexity index is 346. The molecule has 2 N–H and O–H groups in total. The first-order valence-electron chi connectivity index (χ1n) is 5.14. The summed E-state index contributed by atoms with van der Waals surface area (Å²) >= 11 is 3.79. The Morgan fingerprint density at radius 2 is 2.40 bits per heavy atom. The van der Waals surface area contributed by atoms with Crippen LogP contribution in [0.25, 0.3) is 0 Å². The van der Waals surface area contributed by atoms with E-state index in [1.807, 2.05) is 11.8 Å². The van der Waals surface area contributed by atoms with Crippen molar-refractivity contribution in [1.82, 2.24) is 0 Å². The lowest BCUT2D eigenvalue weighted by molar-refractivity contribution is 0.905. The van der Waals surface area contributed by atoms with E-state index in [2.05, 4.69) is 37.1 Å². The molecule has 0 aliphatic carbocycles. The first kappa shape index (κ1) is 12.6. The Morgan fingerprint density at radius 3 is 3.07 bits per heavy atom. The molecule has 0 aliphatic rings. The van der Waals surface area contributed by atoms with Crippen molar-refractivity contribution >= 4 is 23.1 Å². The third kappa shape index (κ3) is 4.74. The standard InChI is InChI=1S/C12H17NS2/c1-3-10(2)14-9-12-7-11(8-15-12)5-4-6-13/h7-8,10H,3,6,9,13H2,1-2H3. The summed E-state index contributed by atoms with van der Waals surface area (Å²) in [7, 11) is 0. The number of thioether (sulfide) groups is 1. The van der Waals surface area contributed by atoms with E-state index < -0.39 is 0 Å². The minimum Gasteiger partial charge on any atom is -0.320 e. The van der Waals surface area contributed by atoms with Gasteiger partial charge in [-0.05, 0) is 12.5 Å². The van der Waals surface area contributed by atoms with E-state index in [0.717, 1.165) is 16.6 Å². The summed E-state index contributed by atoms with van der Waals surface area (Å²) in [5.41, 5.74) is 6.43. The molecule has 1 atom stereocenters. The normalized spacial score (nSPS) is 11.9. The van der Waals surface area contributed by atoms with Crippen molar-refractivity contribution < 1.29 is 0 Å². The molecular formula is C12H17NS2. The largest absolute Gasteiger partial charge is 0.320 e. The first-order valence-corrected chi connectivity index (χ1v) is 7.07. The molecular weight excluding hydrogens is 222 g/mol. The van der Waals surface area contributed by atoms with Gasteiger partial charge in [0.25, 0.3) is 0 Å². The van der Waals surface area contributed by atoms with Crippen molar-refractivity contribution in [1.29, 1.82) is 0 Å². The summed E-state index contributed by atoms with van der Waals surface area (Å²) in [5, 5.41) is 2.85. The topological polar surface area (TPSA) is 26.0 Å². The van der Waals surface area contributed by atoms with Gasteiger partial charge in [-0.25, -0.2) is 0 Å². The molecule has 0 spiro atoms. The molecule has 1 heterocycles. The third-order valence-electron chi connectivity index (χ3n) is 2.07. The highest BCUT2D eigenvalue weighted by atomic mass is 32.2. The molecule has 15 heavy (non-hydrogen) atoms. The molecule has 1 nitrogen and oxygen atoms in total. The number of nitrogens with two attached hydrogens (primary N) is 1. The molecule has 0 fully saturated rings. The van der Waals surface area contributed by atoms with Gasteiger partial charge in [-0.2, -0.15) is 11.8 Å². The SMILES string of the molecule is CCC(C)SCc1cc(C#CCN)cs1. The second-order valence-electron chi connectivity index (χ2n) is 3.34. The molecule has 3 heteroatoms. The Balaban J connectivity index is 2.46. The lowest BCUT2D eigenvalue weighted by atomic mass is 10.3. The summed E-state index contributed by atoms with van der Waals surface area (Å²) in [6.45, 7) is 4.93. The van der Waals surface area contributed by atoms with Gasteiger partial charge in [0.2, 0.25) is 0 Å². The maximum absolute atomic E-state index is 5.33. The molecule has 0 radical (unpaired) electrons. The molecule has 0 aliphatic heterocycles. The van der Waals surface area contributed by atoms with Crippen molar-refractivity contribution in [2.24, 2.45) is 5.73 Å². The molecule has 1 aromatic rings. The minimum absolute atomic E-state index is 0.437. The summed E-state index contributed by atoms with van der Waals surface area (Å²) < 4.78 is 0. The maximum atomic E-state index is 5.33. The molecule has 82 valence electrons. The highest BCUT2D eigenvalue weighted by Gasteiger charge is 2.02. The van der Waals surface area contributed by atoms with Crippen LogP contribution < -0.4 is 5.73 Å². The predicted molar refractivity (Wildman–Crippen MR) is 71.3 cm³/mol. The zero-order valence-corrected chi connectivity index (χ0v) is 10.9. The lowest BCUT2D eigenvalue weighted by Crippen LogP contribution is -1.93. The Hall–Kier alpha value is -0.430. The van der Waals surface area contributed by atoms with E-state index in [1.165, 1.54) is 11.3 Å². The maximum Gasteiger partial charge on any atom is 0.0555 e. The van der Waals surface area contributed by atoms with Crippen LogP contribution in [0.2, 0.25) is 0 Å². The van der Waals surface area contributed by atoms with Crippen LogP contribution in [0, 0.1) is 11.8 Å². The quantitative estimate of drug-likeness (QED) is 0.817. The van der Waals surface area contributed by atoms with Crippen LogP contribution in [-0.4, -0.2) is 11.8 Å². The molecule has 0 saturated carbocycles. The Labute approximate surface area is 100 Å². The van der Waals surface area contributed by atoms with E-state index in [-0.39, 0.29) is 0 Å². The average Bonchev–Trinajstić information content (AvgIpc) is 2.71. The predicted octanol–water partition coefficient (Wildman–Crippen LogP) is 3.09. The van der Waals surface area contributed by atoms with Crippen LogP contribution in [0.1, 0.15) is 30.7 Å². The van der Waals surface area contributed by atoms with Gasteiger partial charge in [-0.1, -0.05) is 25.7 Å². The summed E-state index contributed by atoms with van der Waals surface area (Å²) in [4.78, 5) is 1.40. The number of hydrogen-bond acceptors (Lipinski definition) is 3. The van der Waals surface area contributed by atoms with Crippen LogP contribution in [0.5, 0.6) is 0 Å². The Morgan fingerprint density at radius 1 is 1.60 bits per heavy atom. The monoisotopic (exact) mass is 239 g/mol. The summed E-state index contributed by atoms with van der Waals surface area (Å²) in [5.74, 6) is 7.03. The zero-order valence-electron chi connectivity index (χ0n) is 9.25. The Kier molecular flexibility index (Phi) is 5.85. The zero-order chi connectivity index (χ0) is 11.1. The number of rotatable bonds is 4. The smallest absolute Gasteiger partial charge is 0.0555 e. The fourth-order valence-electron chi connectivity index (χ4n) is 1.02. The average molecular weight is 239 g/mol. The van der Waals surface area contributed by atoms with Crippen molar-refractivity contribution in [2.75, 3.05) is 6.54 Å². The van der Waals surface area contributed by atoms with Crippen LogP contribution >= 0.6 is 23.1 Å². The minimum atomic E-state index is 0.437. The van der Waals surface area contributed by atoms with Gasteiger partial charge in [-0.15, -0.1) is 11.3 Å². The van der Waals surface area contributed by atoms with E-state index in [0.29, 0.717) is 6.54 Å². The van der Waals surface area contributed by atoms with Crippen LogP contribution in [0.15, 0.2) is 11.4 Å². The van der Waals surface area contributed by atoms with Crippen molar-refractivity contribution in [3.63, 3.8) is 0 Å². The van der Waals surface area contributed by atoms with Gasteiger partial charge in [0, 0.05) is 26.8 Å². The van der Waals surface area contributed by atoms with Crippen LogP contribution in [0.4, 0.5) is 0 Å². The van der Waals surface area contributed by atoms with Crippen molar-refractivity contribution in [3.8, 4) is 11.8 Å². The van der Waals surface area contributed by atoms with Gasteiger partial charge in [0.1, 0.15) is 0 Å². The molecule has 0 amide bonds.